The summed E-state index contributed by atoms with van der Waals surface area (Å²) in [5, 5.41) is 14.1. The molecule has 1 unspecified atom stereocenters. The van der Waals surface area contributed by atoms with Gasteiger partial charge in [-0.05, 0) is 37.1 Å². The molecule has 0 amide bonds. The Morgan fingerprint density at radius 3 is 3.05 bits per heavy atom. The first-order valence-electron chi connectivity index (χ1n) is 6.72. The van der Waals surface area contributed by atoms with Gasteiger partial charge in [0.25, 0.3) is 0 Å². The molecule has 2 N–H and O–H groups in total. The molecule has 0 aliphatic heterocycles. The van der Waals surface area contributed by atoms with Crippen LogP contribution >= 0.6 is 0 Å². The topological polar surface area (TPSA) is 62.8 Å². The number of rotatable bonds is 6. The highest BCUT2D eigenvalue weighted by atomic mass is 16.5. The van der Waals surface area contributed by atoms with Crippen LogP contribution in [0.25, 0.3) is 0 Å². The Morgan fingerprint density at radius 2 is 2.37 bits per heavy atom. The average Bonchev–Trinajstić information content (AvgIpc) is 3.07. The van der Waals surface area contributed by atoms with Crippen molar-refractivity contribution < 1.29 is 4.74 Å². The summed E-state index contributed by atoms with van der Waals surface area (Å²) in [6.07, 6.45) is 4.51. The van der Waals surface area contributed by atoms with Crippen LogP contribution in [0.2, 0.25) is 0 Å². The Kier molecular flexibility index (Phi) is 3.46. The predicted molar refractivity (Wildman–Crippen MR) is 72.0 cm³/mol. The summed E-state index contributed by atoms with van der Waals surface area (Å²) in [6, 6.07) is 8.25. The first kappa shape index (κ1) is 12.2. The van der Waals surface area contributed by atoms with Gasteiger partial charge in [0, 0.05) is 0 Å². The largest absolute Gasteiger partial charge is 0.490 e. The SMILES string of the molecule is CCNC(c1cccc(OC2CC2)c1)c1cn[nH]n1. The number of H-pyrrole nitrogens is 1. The van der Waals surface area contributed by atoms with Crippen molar-refractivity contribution in [2.75, 3.05) is 6.54 Å². The molecule has 0 saturated heterocycles. The Morgan fingerprint density at radius 1 is 1.47 bits per heavy atom. The zero-order valence-electron chi connectivity index (χ0n) is 11.0. The molecule has 1 atom stereocenters. The molecule has 1 fully saturated rings. The number of ether oxygens (including phenoxy) is 1. The molecular weight excluding hydrogens is 240 g/mol. The summed E-state index contributed by atoms with van der Waals surface area (Å²) in [7, 11) is 0. The number of aromatic nitrogens is 3. The Hall–Kier alpha value is -1.88. The molecule has 1 saturated carbocycles. The fourth-order valence-electron chi connectivity index (χ4n) is 2.09. The third kappa shape index (κ3) is 2.93. The lowest BCUT2D eigenvalue weighted by Gasteiger charge is -2.16. The maximum absolute atomic E-state index is 5.84. The van der Waals surface area contributed by atoms with Gasteiger partial charge >= 0.3 is 0 Å². The van der Waals surface area contributed by atoms with Crippen LogP contribution in [-0.4, -0.2) is 28.1 Å². The third-order valence-corrected chi connectivity index (χ3v) is 3.16. The lowest BCUT2D eigenvalue weighted by Crippen LogP contribution is -2.22. The van der Waals surface area contributed by atoms with Gasteiger partial charge in [-0.25, -0.2) is 0 Å². The van der Waals surface area contributed by atoms with Gasteiger partial charge in [0.1, 0.15) is 11.4 Å². The zero-order valence-corrected chi connectivity index (χ0v) is 11.0. The molecule has 1 aromatic carbocycles. The lowest BCUT2D eigenvalue weighted by atomic mass is 10.0. The molecular formula is C14H18N4O. The van der Waals surface area contributed by atoms with E-state index in [0.29, 0.717) is 6.10 Å². The summed E-state index contributed by atoms with van der Waals surface area (Å²) in [6.45, 7) is 2.95. The monoisotopic (exact) mass is 258 g/mol. The molecule has 100 valence electrons. The van der Waals surface area contributed by atoms with Gasteiger partial charge in [-0.3, -0.25) is 0 Å². The van der Waals surface area contributed by atoms with Crippen LogP contribution in [0.3, 0.4) is 0 Å². The Labute approximate surface area is 112 Å². The second kappa shape index (κ2) is 5.40. The standard InChI is InChI=1S/C14H18N4O/c1-2-15-14(13-9-16-18-17-13)10-4-3-5-12(8-10)19-11-6-7-11/h3-5,8-9,11,14-15H,2,6-7H2,1H3,(H,16,17,18). The lowest BCUT2D eigenvalue weighted by molar-refractivity contribution is 0.302. The molecule has 1 aromatic heterocycles. The highest BCUT2D eigenvalue weighted by Gasteiger charge is 2.24. The van der Waals surface area contributed by atoms with E-state index < -0.39 is 0 Å². The van der Waals surface area contributed by atoms with E-state index in [9.17, 15) is 0 Å². The highest BCUT2D eigenvalue weighted by molar-refractivity contribution is 5.34. The van der Waals surface area contributed by atoms with Crippen LogP contribution in [0, 0.1) is 0 Å². The fraction of sp³-hybridized carbons (Fsp3) is 0.429. The zero-order chi connectivity index (χ0) is 13.1. The van der Waals surface area contributed by atoms with E-state index in [0.717, 1.165) is 23.6 Å². The number of nitrogens with zero attached hydrogens (tertiary/aromatic N) is 2. The molecule has 1 heterocycles. The van der Waals surface area contributed by atoms with Crippen molar-refractivity contribution in [3.63, 3.8) is 0 Å². The van der Waals surface area contributed by atoms with Crippen LogP contribution in [-0.2, 0) is 0 Å². The minimum absolute atomic E-state index is 0.0477. The van der Waals surface area contributed by atoms with E-state index in [1.54, 1.807) is 6.20 Å². The fourth-order valence-corrected chi connectivity index (χ4v) is 2.09. The minimum atomic E-state index is 0.0477. The molecule has 0 spiro atoms. The Balaban J connectivity index is 1.84. The van der Waals surface area contributed by atoms with Crippen molar-refractivity contribution in [1.29, 1.82) is 0 Å². The molecule has 5 nitrogen and oxygen atoms in total. The van der Waals surface area contributed by atoms with Gasteiger partial charge < -0.3 is 10.1 Å². The second-order valence-electron chi connectivity index (χ2n) is 4.78. The Bertz CT molecular complexity index is 522. The molecule has 0 radical (unpaired) electrons. The molecule has 0 bridgehead atoms. The number of nitrogens with one attached hydrogen (secondary N) is 2. The van der Waals surface area contributed by atoms with Crippen LogP contribution in [0.1, 0.15) is 37.1 Å². The quantitative estimate of drug-likeness (QED) is 0.832. The molecule has 1 aliphatic rings. The summed E-state index contributed by atoms with van der Waals surface area (Å²) in [5.74, 6) is 0.936. The molecule has 2 aromatic rings. The van der Waals surface area contributed by atoms with Crippen molar-refractivity contribution in [3.8, 4) is 5.75 Å². The van der Waals surface area contributed by atoms with Gasteiger partial charge in [0.15, 0.2) is 0 Å². The smallest absolute Gasteiger partial charge is 0.120 e. The van der Waals surface area contributed by atoms with E-state index in [-0.39, 0.29) is 6.04 Å². The van der Waals surface area contributed by atoms with Crippen LogP contribution in [0.5, 0.6) is 5.75 Å². The minimum Gasteiger partial charge on any atom is -0.490 e. The van der Waals surface area contributed by atoms with Crippen molar-refractivity contribution in [1.82, 2.24) is 20.7 Å². The van der Waals surface area contributed by atoms with Gasteiger partial charge in [-0.1, -0.05) is 19.1 Å². The van der Waals surface area contributed by atoms with Crippen LogP contribution < -0.4 is 10.1 Å². The van der Waals surface area contributed by atoms with E-state index in [1.165, 1.54) is 12.8 Å². The molecule has 19 heavy (non-hydrogen) atoms. The molecule has 1 aliphatic carbocycles. The van der Waals surface area contributed by atoms with Gasteiger partial charge in [0.2, 0.25) is 0 Å². The van der Waals surface area contributed by atoms with E-state index in [4.69, 9.17) is 4.74 Å². The summed E-state index contributed by atoms with van der Waals surface area (Å²) < 4.78 is 5.84. The average molecular weight is 258 g/mol. The summed E-state index contributed by atoms with van der Waals surface area (Å²) in [4.78, 5) is 0. The first-order chi connectivity index (χ1) is 9.36. The normalized spacial score (nSPS) is 16.3. The van der Waals surface area contributed by atoms with E-state index in [1.807, 2.05) is 12.1 Å². The van der Waals surface area contributed by atoms with Crippen LogP contribution in [0.15, 0.2) is 30.5 Å². The summed E-state index contributed by atoms with van der Waals surface area (Å²) >= 11 is 0. The maximum atomic E-state index is 5.84. The summed E-state index contributed by atoms with van der Waals surface area (Å²) in [5.41, 5.74) is 2.04. The number of aromatic amines is 1. The van der Waals surface area contributed by atoms with Crippen molar-refractivity contribution >= 4 is 0 Å². The highest BCUT2D eigenvalue weighted by Crippen LogP contribution is 2.29. The second-order valence-corrected chi connectivity index (χ2v) is 4.78. The number of hydrogen-bond acceptors (Lipinski definition) is 4. The van der Waals surface area contributed by atoms with E-state index in [2.05, 4.69) is 39.8 Å². The van der Waals surface area contributed by atoms with Crippen molar-refractivity contribution in [2.45, 2.75) is 31.9 Å². The van der Waals surface area contributed by atoms with Gasteiger partial charge in [0.05, 0.1) is 18.3 Å². The van der Waals surface area contributed by atoms with Crippen molar-refractivity contribution in [3.05, 3.63) is 41.7 Å². The van der Waals surface area contributed by atoms with Crippen molar-refractivity contribution in [2.24, 2.45) is 0 Å². The van der Waals surface area contributed by atoms with Gasteiger partial charge in [-0.15, -0.1) is 0 Å². The first-order valence-corrected chi connectivity index (χ1v) is 6.72. The molecule has 3 rings (SSSR count). The third-order valence-electron chi connectivity index (χ3n) is 3.16. The number of benzene rings is 1. The maximum Gasteiger partial charge on any atom is 0.120 e. The number of hydrogen-bond donors (Lipinski definition) is 2. The molecule has 5 heteroatoms. The van der Waals surface area contributed by atoms with E-state index >= 15 is 0 Å². The predicted octanol–water partition coefficient (Wildman–Crippen LogP) is 2.04. The van der Waals surface area contributed by atoms with Crippen LogP contribution in [0.4, 0.5) is 0 Å². The van der Waals surface area contributed by atoms with Gasteiger partial charge in [-0.2, -0.15) is 15.4 Å².